The molecule has 3 aromatic rings. The number of hydrogen-bond donors (Lipinski definition) is 2. The molecule has 0 amide bonds. The van der Waals surface area contributed by atoms with Gasteiger partial charge in [-0.15, -0.1) is 0 Å². The van der Waals surface area contributed by atoms with Gasteiger partial charge in [0.1, 0.15) is 5.82 Å². The topological polar surface area (TPSA) is 72.2 Å². The van der Waals surface area contributed by atoms with Crippen molar-refractivity contribution in [2.45, 2.75) is 17.0 Å². The fourth-order valence-corrected chi connectivity index (χ4v) is 3.97. The van der Waals surface area contributed by atoms with Gasteiger partial charge in [-0.3, -0.25) is 0 Å². The second-order valence-electron chi connectivity index (χ2n) is 5.90. The number of nitrogens with two attached hydrogens (primary N) is 1. The summed E-state index contributed by atoms with van der Waals surface area (Å²) in [5.41, 5.74) is 7.95. The highest BCUT2D eigenvalue weighted by Gasteiger charge is 2.27. The van der Waals surface area contributed by atoms with Gasteiger partial charge in [-0.05, 0) is 35.4 Å². The smallest absolute Gasteiger partial charge is 0.241 e. The van der Waals surface area contributed by atoms with E-state index in [-0.39, 0.29) is 6.32 Å². The lowest BCUT2D eigenvalue weighted by Crippen LogP contribution is -2.36. The van der Waals surface area contributed by atoms with Gasteiger partial charge in [0.15, 0.2) is 0 Å². The Morgan fingerprint density at radius 2 is 1.31 bits per heavy atom. The third kappa shape index (κ3) is 4.16. The van der Waals surface area contributed by atoms with Crippen LogP contribution in [0.1, 0.15) is 24.6 Å². The molecule has 136 valence electrons. The van der Waals surface area contributed by atoms with Crippen LogP contribution in [0.4, 0.5) is 4.39 Å². The van der Waals surface area contributed by atoms with E-state index in [1.165, 1.54) is 12.1 Å². The maximum absolute atomic E-state index is 13.1. The summed E-state index contributed by atoms with van der Waals surface area (Å²) < 4.78 is 41.3. The van der Waals surface area contributed by atoms with E-state index >= 15 is 0 Å². The summed E-state index contributed by atoms with van der Waals surface area (Å²) in [4.78, 5) is -0.0138. The zero-order chi connectivity index (χ0) is 18.6. The van der Waals surface area contributed by atoms with Crippen LogP contribution < -0.4 is 10.5 Å². The first-order valence-electron chi connectivity index (χ1n) is 8.11. The fourth-order valence-electron chi connectivity index (χ4n) is 2.73. The molecule has 0 saturated heterocycles. The van der Waals surface area contributed by atoms with E-state index in [0.29, 0.717) is 0 Å². The molecule has 26 heavy (non-hydrogen) atoms. The standard InChI is InChI=1S/C20H19FN2O2S.H2/c21-17-11-13-18(14-12-17)26(24,25)23-20(16-9-5-2-6-10-16)19(22)15-7-3-1-4-8-15;/h1-14,19-20,23H,22H2;1H/t19-,20-;/m0./s1. The maximum Gasteiger partial charge on any atom is 0.241 e. The molecule has 0 unspecified atom stereocenters. The lowest BCUT2D eigenvalue weighted by Gasteiger charge is -2.26. The lowest BCUT2D eigenvalue weighted by atomic mass is 9.95. The van der Waals surface area contributed by atoms with Crippen molar-refractivity contribution in [3.8, 4) is 0 Å². The van der Waals surface area contributed by atoms with Crippen LogP contribution in [0, 0.1) is 5.82 Å². The van der Waals surface area contributed by atoms with Gasteiger partial charge in [-0.1, -0.05) is 60.7 Å². The first-order chi connectivity index (χ1) is 12.5. The van der Waals surface area contributed by atoms with Crippen LogP contribution in [0.15, 0.2) is 89.8 Å². The van der Waals surface area contributed by atoms with Crippen molar-refractivity contribution in [1.82, 2.24) is 4.72 Å². The minimum Gasteiger partial charge on any atom is -0.322 e. The summed E-state index contributed by atoms with van der Waals surface area (Å²) >= 11 is 0. The van der Waals surface area contributed by atoms with E-state index in [0.717, 1.165) is 23.3 Å². The first-order valence-corrected chi connectivity index (χ1v) is 9.59. The van der Waals surface area contributed by atoms with Crippen molar-refractivity contribution in [3.63, 3.8) is 0 Å². The zero-order valence-corrected chi connectivity index (χ0v) is 14.7. The molecule has 0 aromatic heterocycles. The van der Waals surface area contributed by atoms with E-state index in [1.54, 1.807) is 0 Å². The average Bonchev–Trinajstić information content (AvgIpc) is 2.67. The molecule has 0 aliphatic carbocycles. The molecule has 6 heteroatoms. The summed E-state index contributed by atoms with van der Waals surface area (Å²) in [6.45, 7) is 0. The Morgan fingerprint density at radius 1 is 0.808 bits per heavy atom. The number of sulfonamides is 1. The molecule has 4 nitrogen and oxygen atoms in total. The minimum absolute atomic E-state index is 0. The van der Waals surface area contributed by atoms with Crippen LogP contribution in [0.2, 0.25) is 0 Å². The van der Waals surface area contributed by atoms with Gasteiger partial charge >= 0.3 is 0 Å². The molecule has 2 atom stereocenters. The van der Waals surface area contributed by atoms with Crippen LogP contribution in [0.25, 0.3) is 0 Å². The van der Waals surface area contributed by atoms with E-state index in [2.05, 4.69) is 4.72 Å². The molecule has 0 spiro atoms. The molecule has 0 saturated carbocycles. The number of nitrogens with one attached hydrogen (secondary N) is 1. The molecule has 0 bridgehead atoms. The Bertz CT molecular complexity index is 952. The predicted molar refractivity (Wildman–Crippen MR) is 101 cm³/mol. The third-order valence-electron chi connectivity index (χ3n) is 4.11. The molecular formula is C20H21FN2O2S. The fraction of sp³-hybridized carbons (Fsp3) is 0.100. The summed E-state index contributed by atoms with van der Waals surface area (Å²) in [7, 11) is -3.87. The molecule has 3 aromatic carbocycles. The summed E-state index contributed by atoms with van der Waals surface area (Å²) in [6, 6.07) is 21.9. The molecule has 0 aliphatic rings. The highest BCUT2D eigenvalue weighted by molar-refractivity contribution is 7.89. The van der Waals surface area contributed by atoms with Crippen LogP contribution in [-0.2, 0) is 10.0 Å². The normalized spacial score (nSPS) is 13.9. The van der Waals surface area contributed by atoms with Gasteiger partial charge in [0, 0.05) is 1.43 Å². The Kier molecular flexibility index (Phi) is 5.46. The highest BCUT2D eigenvalue weighted by atomic mass is 32.2. The van der Waals surface area contributed by atoms with Crippen LogP contribution in [-0.4, -0.2) is 8.42 Å². The Hall–Kier alpha value is -2.54. The predicted octanol–water partition coefficient (Wildman–Crippen LogP) is 3.79. The number of hydrogen-bond acceptors (Lipinski definition) is 3. The Morgan fingerprint density at radius 3 is 1.85 bits per heavy atom. The van der Waals surface area contributed by atoms with Crippen LogP contribution >= 0.6 is 0 Å². The van der Waals surface area contributed by atoms with Crippen molar-refractivity contribution in [2.24, 2.45) is 5.73 Å². The summed E-state index contributed by atoms with van der Waals surface area (Å²) in [6.07, 6.45) is 0. The Labute approximate surface area is 154 Å². The maximum atomic E-state index is 13.1. The second kappa shape index (κ2) is 7.78. The van der Waals surface area contributed by atoms with E-state index in [1.807, 2.05) is 60.7 Å². The zero-order valence-electron chi connectivity index (χ0n) is 13.9. The van der Waals surface area contributed by atoms with Crippen molar-refractivity contribution >= 4 is 10.0 Å². The van der Waals surface area contributed by atoms with Crippen molar-refractivity contribution < 1.29 is 14.2 Å². The van der Waals surface area contributed by atoms with Gasteiger partial charge in [0.05, 0.1) is 17.0 Å². The van der Waals surface area contributed by atoms with Gasteiger partial charge in [0.25, 0.3) is 0 Å². The van der Waals surface area contributed by atoms with E-state index in [9.17, 15) is 12.8 Å². The minimum atomic E-state index is -3.87. The molecule has 3 rings (SSSR count). The molecule has 0 aliphatic heterocycles. The van der Waals surface area contributed by atoms with E-state index in [4.69, 9.17) is 5.73 Å². The highest BCUT2D eigenvalue weighted by Crippen LogP contribution is 2.28. The summed E-state index contributed by atoms with van der Waals surface area (Å²) in [5.74, 6) is -0.496. The second-order valence-corrected chi connectivity index (χ2v) is 7.61. The molecule has 0 radical (unpaired) electrons. The van der Waals surface area contributed by atoms with Crippen molar-refractivity contribution in [3.05, 3.63) is 102 Å². The molecular weight excluding hydrogens is 351 g/mol. The SMILES string of the molecule is N[C@@H](c1ccccc1)[C@@H](NS(=O)(=O)c1ccc(F)cc1)c1ccccc1.[HH]. The molecule has 0 heterocycles. The van der Waals surface area contributed by atoms with E-state index < -0.39 is 27.9 Å². The van der Waals surface area contributed by atoms with Gasteiger partial charge < -0.3 is 5.73 Å². The molecule has 3 N–H and O–H groups in total. The number of rotatable bonds is 6. The first kappa shape index (κ1) is 18.3. The monoisotopic (exact) mass is 372 g/mol. The van der Waals surface area contributed by atoms with Crippen molar-refractivity contribution in [1.29, 1.82) is 0 Å². The van der Waals surface area contributed by atoms with Crippen molar-refractivity contribution in [2.75, 3.05) is 0 Å². The average molecular weight is 372 g/mol. The quantitative estimate of drug-likeness (QED) is 0.691. The third-order valence-corrected chi connectivity index (χ3v) is 5.57. The van der Waals surface area contributed by atoms with Gasteiger partial charge in [0.2, 0.25) is 10.0 Å². The summed E-state index contributed by atoms with van der Waals surface area (Å²) in [5, 5.41) is 0. The van der Waals surface area contributed by atoms with Crippen LogP contribution in [0.3, 0.4) is 0 Å². The van der Waals surface area contributed by atoms with Gasteiger partial charge in [-0.25, -0.2) is 17.5 Å². The number of benzene rings is 3. The number of halogens is 1. The van der Waals surface area contributed by atoms with Gasteiger partial charge in [-0.2, -0.15) is 0 Å². The largest absolute Gasteiger partial charge is 0.322 e. The Balaban J connectivity index is 0.00000261. The lowest BCUT2D eigenvalue weighted by molar-refractivity contribution is 0.504. The molecule has 0 fully saturated rings. The van der Waals surface area contributed by atoms with Crippen LogP contribution in [0.5, 0.6) is 0 Å².